The monoisotopic (exact) mass is 363 g/mol. The Morgan fingerprint density at radius 3 is 2.52 bits per heavy atom. The molecule has 4 nitrogen and oxygen atoms in total. The largest absolute Gasteiger partial charge is 0.368 e. The van der Waals surface area contributed by atoms with Crippen LogP contribution in [-0.4, -0.2) is 49.1 Å². The molecule has 5 heteroatoms. The summed E-state index contributed by atoms with van der Waals surface area (Å²) in [4.78, 5) is 17.3. The zero-order valence-corrected chi connectivity index (χ0v) is 16.1. The van der Waals surface area contributed by atoms with Gasteiger partial charge in [0.2, 0.25) is 5.91 Å². The van der Waals surface area contributed by atoms with E-state index in [1.807, 2.05) is 25.1 Å². The van der Waals surface area contributed by atoms with Crippen LogP contribution in [0.5, 0.6) is 0 Å². The lowest BCUT2D eigenvalue weighted by molar-refractivity contribution is -0.127. The lowest BCUT2D eigenvalue weighted by Crippen LogP contribution is -2.55. The minimum Gasteiger partial charge on any atom is -0.368 e. The van der Waals surface area contributed by atoms with E-state index in [0.29, 0.717) is 12.0 Å². The molecular formula is C20H30ClN3O. The second kappa shape index (κ2) is 8.41. The number of hydrogen-bond donors (Lipinski definition) is 1. The van der Waals surface area contributed by atoms with Gasteiger partial charge in [-0.05, 0) is 37.8 Å². The normalized spacial score (nSPS) is 26.3. The van der Waals surface area contributed by atoms with Crippen molar-refractivity contribution in [1.29, 1.82) is 0 Å². The van der Waals surface area contributed by atoms with E-state index in [2.05, 4.69) is 28.1 Å². The quantitative estimate of drug-likeness (QED) is 0.888. The van der Waals surface area contributed by atoms with E-state index in [-0.39, 0.29) is 11.9 Å². The molecule has 1 saturated carbocycles. The molecule has 1 saturated heterocycles. The molecule has 1 N–H and O–H groups in total. The van der Waals surface area contributed by atoms with E-state index in [4.69, 9.17) is 11.6 Å². The summed E-state index contributed by atoms with van der Waals surface area (Å²) in [6, 6.07) is 8.27. The number of hydrogen-bond acceptors (Lipinski definition) is 3. The van der Waals surface area contributed by atoms with Crippen LogP contribution < -0.4 is 10.2 Å². The van der Waals surface area contributed by atoms with E-state index < -0.39 is 0 Å². The molecule has 1 aromatic rings. The predicted molar refractivity (Wildman–Crippen MR) is 104 cm³/mol. The van der Waals surface area contributed by atoms with Gasteiger partial charge in [-0.15, -0.1) is 0 Å². The molecule has 3 rings (SSSR count). The molecule has 0 unspecified atom stereocenters. The fourth-order valence-electron chi connectivity index (χ4n) is 4.06. The van der Waals surface area contributed by atoms with Gasteiger partial charge in [0.1, 0.15) is 0 Å². The predicted octanol–water partition coefficient (Wildman–Crippen LogP) is 3.55. The molecule has 1 heterocycles. The summed E-state index contributed by atoms with van der Waals surface area (Å²) >= 11 is 6.31. The van der Waals surface area contributed by atoms with Gasteiger partial charge in [-0.1, -0.05) is 43.5 Å². The number of para-hydroxylation sites is 1. The Labute approximate surface area is 156 Å². The number of rotatable bonds is 4. The molecule has 1 amide bonds. The van der Waals surface area contributed by atoms with Gasteiger partial charge in [0.25, 0.3) is 0 Å². The van der Waals surface area contributed by atoms with Crippen LogP contribution in [0.15, 0.2) is 24.3 Å². The average Bonchev–Trinajstić information content (AvgIpc) is 2.63. The number of anilines is 1. The molecule has 0 radical (unpaired) electrons. The number of halogens is 1. The van der Waals surface area contributed by atoms with Gasteiger partial charge in [-0.25, -0.2) is 0 Å². The SMILES string of the molecule is C[C@@H]1CCCC[C@H]1NC(=O)[C@@H](C)N1CCN(c2ccccc2Cl)CC1. The standard InChI is InChI=1S/C20H30ClN3O/c1-15-7-3-5-9-18(15)22-20(25)16(2)23-11-13-24(14-12-23)19-10-6-4-8-17(19)21/h4,6,8,10,15-16,18H,3,5,7,9,11-14H2,1-2H3,(H,22,25)/t15-,16-,18-/m1/s1. The van der Waals surface area contributed by atoms with Gasteiger partial charge in [0.05, 0.1) is 16.8 Å². The number of carbonyl (C=O) groups excluding carboxylic acids is 1. The van der Waals surface area contributed by atoms with Crippen LogP contribution in [0, 0.1) is 5.92 Å². The topological polar surface area (TPSA) is 35.6 Å². The summed E-state index contributed by atoms with van der Waals surface area (Å²) in [5.74, 6) is 0.784. The molecule has 2 fully saturated rings. The zero-order valence-electron chi connectivity index (χ0n) is 15.4. The van der Waals surface area contributed by atoms with Crippen molar-refractivity contribution in [3.8, 4) is 0 Å². The van der Waals surface area contributed by atoms with Crippen LogP contribution in [0.3, 0.4) is 0 Å². The Bertz CT molecular complexity index is 586. The fraction of sp³-hybridized carbons (Fsp3) is 0.650. The maximum Gasteiger partial charge on any atom is 0.237 e. The summed E-state index contributed by atoms with van der Waals surface area (Å²) < 4.78 is 0. The highest BCUT2D eigenvalue weighted by Crippen LogP contribution is 2.27. The number of piperazine rings is 1. The minimum atomic E-state index is -0.0671. The molecule has 3 atom stereocenters. The zero-order chi connectivity index (χ0) is 17.8. The van der Waals surface area contributed by atoms with E-state index in [0.717, 1.165) is 43.3 Å². The van der Waals surface area contributed by atoms with Crippen molar-refractivity contribution >= 4 is 23.2 Å². The highest BCUT2D eigenvalue weighted by Gasteiger charge is 2.29. The Balaban J connectivity index is 1.51. The van der Waals surface area contributed by atoms with Gasteiger partial charge < -0.3 is 10.2 Å². The number of nitrogens with zero attached hydrogens (tertiary/aromatic N) is 2. The van der Waals surface area contributed by atoms with Crippen molar-refractivity contribution in [2.75, 3.05) is 31.1 Å². The Morgan fingerprint density at radius 2 is 1.84 bits per heavy atom. The van der Waals surface area contributed by atoms with Crippen molar-refractivity contribution in [1.82, 2.24) is 10.2 Å². The first-order valence-electron chi connectivity index (χ1n) is 9.60. The molecule has 0 bridgehead atoms. The molecule has 1 aliphatic carbocycles. The van der Waals surface area contributed by atoms with Gasteiger partial charge in [-0.2, -0.15) is 0 Å². The molecule has 0 aromatic heterocycles. The van der Waals surface area contributed by atoms with Crippen LogP contribution >= 0.6 is 11.6 Å². The van der Waals surface area contributed by atoms with Crippen molar-refractivity contribution in [3.63, 3.8) is 0 Å². The van der Waals surface area contributed by atoms with Gasteiger partial charge in [-0.3, -0.25) is 9.69 Å². The number of carbonyl (C=O) groups is 1. The van der Waals surface area contributed by atoms with Crippen LogP contribution in [0.25, 0.3) is 0 Å². The second-order valence-electron chi connectivity index (χ2n) is 7.53. The van der Waals surface area contributed by atoms with Gasteiger partial charge in [0, 0.05) is 32.2 Å². The Kier molecular flexibility index (Phi) is 6.24. The third-order valence-electron chi connectivity index (χ3n) is 5.87. The average molecular weight is 364 g/mol. The summed E-state index contributed by atoms with van der Waals surface area (Å²) in [5.41, 5.74) is 1.09. The first kappa shape index (κ1) is 18.5. The lowest BCUT2D eigenvalue weighted by atomic mass is 9.86. The van der Waals surface area contributed by atoms with E-state index in [9.17, 15) is 4.79 Å². The van der Waals surface area contributed by atoms with E-state index in [1.165, 1.54) is 19.3 Å². The molecule has 0 spiro atoms. The first-order valence-corrected chi connectivity index (χ1v) is 9.98. The number of amides is 1. The van der Waals surface area contributed by atoms with Crippen molar-refractivity contribution in [2.45, 2.75) is 51.6 Å². The van der Waals surface area contributed by atoms with E-state index in [1.54, 1.807) is 0 Å². The molecule has 138 valence electrons. The number of benzene rings is 1. The van der Waals surface area contributed by atoms with Gasteiger partial charge in [0.15, 0.2) is 0 Å². The van der Waals surface area contributed by atoms with Crippen molar-refractivity contribution < 1.29 is 4.79 Å². The first-order chi connectivity index (χ1) is 12.1. The number of nitrogens with one attached hydrogen (secondary N) is 1. The molecule has 25 heavy (non-hydrogen) atoms. The highest BCUT2D eigenvalue weighted by atomic mass is 35.5. The minimum absolute atomic E-state index is 0.0671. The summed E-state index contributed by atoms with van der Waals surface area (Å²) in [7, 11) is 0. The van der Waals surface area contributed by atoms with E-state index >= 15 is 0 Å². The smallest absolute Gasteiger partial charge is 0.237 e. The van der Waals surface area contributed by atoms with Crippen LogP contribution in [-0.2, 0) is 4.79 Å². The molecule has 2 aliphatic rings. The van der Waals surface area contributed by atoms with Crippen LogP contribution in [0.2, 0.25) is 5.02 Å². The lowest BCUT2D eigenvalue weighted by Gasteiger charge is -2.39. The van der Waals surface area contributed by atoms with Crippen molar-refractivity contribution in [2.24, 2.45) is 5.92 Å². The molecule has 1 aliphatic heterocycles. The third kappa shape index (κ3) is 4.48. The third-order valence-corrected chi connectivity index (χ3v) is 6.19. The highest BCUT2D eigenvalue weighted by molar-refractivity contribution is 6.33. The molecular weight excluding hydrogens is 334 g/mol. The maximum atomic E-state index is 12.7. The fourth-order valence-corrected chi connectivity index (χ4v) is 4.31. The second-order valence-corrected chi connectivity index (χ2v) is 7.93. The summed E-state index contributed by atoms with van der Waals surface area (Å²) in [6.07, 6.45) is 4.89. The summed E-state index contributed by atoms with van der Waals surface area (Å²) in [6.45, 7) is 7.88. The van der Waals surface area contributed by atoms with Crippen LogP contribution in [0.4, 0.5) is 5.69 Å². The maximum absolute atomic E-state index is 12.7. The summed E-state index contributed by atoms with van der Waals surface area (Å²) in [5, 5.41) is 4.10. The van der Waals surface area contributed by atoms with Crippen LogP contribution in [0.1, 0.15) is 39.5 Å². The Hall–Kier alpha value is -1.26. The van der Waals surface area contributed by atoms with Crippen molar-refractivity contribution in [3.05, 3.63) is 29.3 Å². The molecule has 1 aromatic carbocycles. The van der Waals surface area contributed by atoms with Gasteiger partial charge >= 0.3 is 0 Å². The Morgan fingerprint density at radius 1 is 1.16 bits per heavy atom.